The quantitative estimate of drug-likeness (QED) is 0.712. The number of aryl methyl sites for hydroxylation is 1. The predicted molar refractivity (Wildman–Crippen MR) is 95.4 cm³/mol. The molecule has 0 fully saturated rings. The van der Waals surface area contributed by atoms with Crippen molar-refractivity contribution in [3.8, 4) is 11.4 Å². The van der Waals surface area contributed by atoms with Gasteiger partial charge in [0.25, 0.3) is 0 Å². The van der Waals surface area contributed by atoms with Gasteiger partial charge in [-0.1, -0.05) is 58.7 Å². The molecule has 3 aromatic rings. The lowest BCUT2D eigenvalue weighted by molar-refractivity contribution is 0.376. The number of halogens is 1. The molecule has 6 nitrogen and oxygen atoms in total. The maximum absolute atomic E-state index is 12.2. The van der Waals surface area contributed by atoms with Crippen molar-refractivity contribution in [2.75, 3.05) is 0 Å². The molecule has 1 N–H and O–H groups in total. The van der Waals surface area contributed by atoms with Gasteiger partial charge in [-0.05, 0) is 24.6 Å². The number of nitrogens with zero attached hydrogens (tertiary/aromatic N) is 2. The van der Waals surface area contributed by atoms with Gasteiger partial charge in [0, 0.05) is 10.6 Å². The number of rotatable bonds is 6. The first kappa shape index (κ1) is 17.6. The molecule has 3 rings (SSSR count). The highest BCUT2D eigenvalue weighted by Crippen LogP contribution is 2.20. The van der Waals surface area contributed by atoms with Gasteiger partial charge in [-0.25, -0.2) is 13.1 Å². The van der Waals surface area contributed by atoms with Crippen LogP contribution in [0, 0.1) is 6.92 Å². The van der Waals surface area contributed by atoms with Gasteiger partial charge in [-0.3, -0.25) is 0 Å². The van der Waals surface area contributed by atoms with Crippen LogP contribution in [0.15, 0.2) is 53.1 Å². The largest absolute Gasteiger partial charge is 0.338 e. The van der Waals surface area contributed by atoms with Gasteiger partial charge in [0.15, 0.2) is 0 Å². The summed E-state index contributed by atoms with van der Waals surface area (Å²) in [5, 5.41) is 4.40. The van der Waals surface area contributed by atoms with Crippen LogP contribution < -0.4 is 4.72 Å². The first-order valence-electron chi connectivity index (χ1n) is 7.53. The summed E-state index contributed by atoms with van der Waals surface area (Å²) >= 11 is 5.93. The van der Waals surface area contributed by atoms with E-state index in [0.717, 1.165) is 5.56 Å². The Bertz CT molecular complexity index is 969. The van der Waals surface area contributed by atoms with E-state index < -0.39 is 10.0 Å². The van der Waals surface area contributed by atoms with Crippen molar-refractivity contribution in [2.45, 2.75) is 19.2 Å². The molecule has 0 spiro atoms. The van der Waals surface area contributed by atoms with Crippen LogP contribution in [0.1, 0.15) is 17.0 Å². The minimum Gasteiger partial charge on any atom is -0.338 e. The average Bonchev–Trinajstić information content (AvgIpc) is 3.04. The lowest BCUT2D eigenvalue weighted by Crippen LogP contribution is -2.24. The Kier molecular flexibility index (Phi) is 5.17. The van der Waals surface area contributed by atoms with Crippen LogP contribution in [0.5, 0.6) is 0 Å². The van der Waals surface area contributed by atoms with Crippen molar-refractivity contribution in [1.29, 1.82) is 0 Å². The van der Waals surface area contributed by atoms with Gasteiger partial charge >= 0.3 is 0 Å². The van der Waals surface area contributed by atoms with Crippen molar-refractivity contribution in [3.05, 3.63) is 70.6 Å². The lowest BCUT2D eigenvalue weighted by atomic mass is 10.2. The van der Waals surface area contributed by atoms with E-state index in [1.54, 1.807) is 36.4 Å². The smallest absolute Gasteiger partial charge is 0.242 e. The number of benzene rings is 2. The maximum Gasteiger partial charge on any atom is 0.242 e. The topological polar surface area (TPSA) is 85.1 Å². The minimum absolute atomic E-state index is 0.0677. The standard InChI is InChI=1S/C17H16ClN3O3S/c1-12-5-7-13(8-6-12)11-25(22,23)19-10-16-20-17(21-24-16)14-3-2-4-15(18)9-14/h2-9,19H,10-11H2,1H3. The first-order valence-corrected chi connectivity index (χ1v) is 9.56. The zero-order valence-electron chi connectivity index (χ0n) is 13.4. The van der Waals surface area contributed by atoms with E-state index in [2.05, 4.69) is 14.9 Å². The van der Waals surface area contributed by atoms with E-state index in [9.17, 15) is 8.42 Å². The van der Waals surface area contributed by atoms with Crippen LogP contribution in [0.25, 0.3) is 11.4 Å². The number of nitrogens with one attached hydrogen (secondary N) is 1. The molecule has 1 heterocycles. The molecule has 0 saturated heterocycles. The SMILES string of the molecule is Cc1ccc(CS(=O)(=O)NCc2nc(-c3cccc(Cl)c3)no2)cc1. The number of hydrogen-bond acceptors (Lipinski definition) is 5. The van der Waals surface area contributed by atoms with Gasteiger partial charge in [-0.15, -0.1) is 0 Å². The highest BCUT2D eigenvalue weighted by molar-refractivity contribution is 7.88. The Morgan fingerprint density at radius 1 is 1.16 bits per heavy atom. The number of aromatic nitrogens is 2. The third-order valence-corrected chi connectivity index (χ3v) is 5.00. The van der Waals surface area contributed by atoms with Crippen molar-refractivity contribution in [1.82, 2.24) is 14.9 Å². The summed E-state index contributed by atoms with van der Waals surface area (Å²) in [5.74, 6) is 0.431. The molecule has 0 bridgehead atoms. The van der Waals surface area contributed by atoms with Gasteiger partial charge in [0.1, 0.15) is 0 Å². The van der Waals surface area contributed by atoms with Gasteiger partial charge in [0.2, 0.25) is 21.7 Å². The van der Waals surface area contributed by atoms with Crippen LogP contribution in [0.2, 0.25) is 5.02 Å². The van der Waals surface area contributed by atoms with E-state index in [1.165, 1.54) is 0 Å². The predicted octanol–water partition coefficient (Wildman–Crippen LogP) is 3.32. The second kappa shape index (κ2) is 7.35. The zero-order valence-corrected chi connectivity index (χ0v) is 15.0. The lowest BCUT2D eigenvalue weighted by Gasteiger charge is -2.05. The molecule has 0 amide bonds. The third kappa shape index (κ3) is 4.88. The van der Waals surface area contributed by atoms with Crippen molar-refractivity contribution < 1.29 is 12.9 Å². The van der Waals surface area contributed by atoms with E-state index >= 15 is 0 Å². The summed E-state index contributed by atoms with van der Waals surface area (Å²) in [6.45, 7) is 1.88. The van der Waals surface area contributed by atoms with Gasteiger partial charge in [-0.2, -0.15) is 4.98 Å². The molecule has 0 unspecified atom stereocenters. The van der Waals surface area contributed by atoms with E-state index in [0.29, 0.717) is 22.0 Å². The fourth-order valence-electron chi connectivity index (χ4n) is 2.20. The third-order valence-electron chi connectivity index (χ3n) is 3.47. The fourth-order valence-corrected chi connectivity index (χ4v) is 3.46. The molecule has 0 saturated carbocycles. The summed E-state index contributed by atoms with van der Waals surface area (Å²) in [4.78, 5) is 4.18. The Labute approximate surface area is 150 Å². The van der Waals surface area contributed by atoms with E-state index in [4.69, 9.17) is 16.1 Å². The van der Waals surface area contributed by atoms with Crippen molar-refractivity contribution in [3.63, 3.8) is 0 Å². The molecule has 8 heteroatoms. The van der Waals surface area contributed by atoms with Gasteiger partial charge < -0.3 is 4.52 Å². The summed E-state index contributed by atoms with van der Waals surface area (Å²) in [6.07, 6.45) is 0. The molecule has 0 aliphatic heterocycles. The molecular weight excluding hydrogens is 362 g/mol. The fraction of sp³-hybridized carbons (Fsp3) is 0.176. The molecule has 0 atom stereocenters. The summed E-state index contributed by atoms with van der Waals surface area (Å²) in [6, 6.07) is 14.3. The Balaban J connectivity index is 1.64. The van der Waals surface area contributed by atoms with Crippen LogP contribution in [-0.2, 0) is 22.3 Å². The monoisotopic (exact) mass is 377 g/mol. The van der Waals surface area contributed by atoms with Gasteiger partial charge in [0.05, 0.1) is 12.3 Å². The molecule has 0 aliphatic rings. The highest BCUT2D eigenvalue weighted by atomic mass is 35.5. The molecule has 2 aromatic carbocycles. The summed E-state index contributed by atoms with van der Waals surface area (Å²) in [7, 11) is -3.51. The molecular formula is C17H16ClN3O3S. The Hall–Kier alpha value is -2.22. The summed E-state index contributed by atoms with van der Waals surface area (Å²) in [5.41, 5.74) is 2.49. The number of sulfonamides is 1. The van der Waals surface area contributed by atoms with Crippen LogP contribution in [0.4, 0.5) is 0 Å². The zero-order chi connectivity index (χ0) is 17.9. The van der Waals surface area contributed by atoms with Crippen molar-refractivity contribution in [2.24, 2.45) is 0 Å². The molecule has 1 aromatic heterocycles. The average molecular weight is 378 g/mol. The minimum atomic E-state index is -3.51. The molecule has 0 radical (unpaired) electrons. The van der Waals surface area contributed by atoms with Crippen molar-refractivity contribution >= 4 is 21.6 Å². The molecule has 130 valence electrons. The first-order chi connectivity index (χ1) is 11.9. The van der Waals surface area contributed by atoms with Crippen LogP contribution in [-0.4, -0.2) is 18.6 Å². The van der Waals surface area contributed by atoms with Crippen LogP contribution >= 0.6 is 11.6 Å². The van der Waals surface area contributed by atoms with E-state index in [-0.39, 0.29) is 18.2 Å². The summed E-state index contributed by atoms with van der Waals surface area (Å²) < 4.78 is 31.9. The molecule has 0 aliphatic carbocycles. The maximum atomic E-state index is 12.2. The Morgan fingerprint density at radius 2 is 1.92 bits per heavy atom. The number of hydrogen-bond donors (Lipinski definition) is 1. The normalized spacial score (nSPS) is 11.6. The second-order valence-corrected chi connectivity index (χ2v) is 7.83. The highest BCUT2D eigenvalue weighted by Gasteiger charge is 2.15. The van der Waals surface area contributed by atoms with E-state index in [1.807, 2.05) is 19.1 Å². The van der Waals surface area contributed by atoms with Crippen LogP contribution in [0.3, 0.4) is 0 Å². The second-order valence-electron chi connectivity index (χ2n) is 5.59. The Morgan fingerprint density at radius 3 is 2.64 bits per heavy atom. The molecule has 25 heavy (non-hydrogen) atoms.